The first-order valence-corrected chi connectivity index (χ1v) is 5.71. The third-order valence-electron chi connectivity index (χ3n) is 2.71. The summed E-state index contributed by atoms with van der Waals surface area (Å²) in [5.41, 5.74) is 7.67. The molecule has 1 amide bonds. The van der Waals surface area contributed by atoms with E-state index in [-0.39, 0.29) is 11.7 Å². The van der Waals surface area contributed by atoms with Crippen LogP contribution in [0.5, 0.6) is 0 Å². The maximum Gasteiger partial charge on any atom is 0.295 e. The van der Waals surface area contributed by atoms with Gasteiger partial charge >= 0.3 is 0 Å². The van der Waals surface area contributed by atoms with Crippen LogP contribution in [0, 0.1) is 6.92 Å². The number of amides is 1. The van der Waals surface area contributed by atoms with Crippen molar-refractivity contribution < 1.29 is 9.21 Å². The standard InChI is InChI=1S/C13H15N3O2/c1-3-16(11-6-4-10(14)5-7-11)13(17)12-9(2)15-8-18-12/h4-8H,3,14H2,1-2H3. The second kappa shape index (κ2) is 4.91. The molecule has 0 spiro atoms. The predicted molar refractivity (Wildman–Crippen MR) is 69.4 cm³/mol. The van der Waals surface area contributed by atoms with Crippen molar-refractivity contribution in [2.75, 3.05) is 17.2 Å². The lowest BCUT2D eigenvalue weighted by Crippen LogP contribution is -2.30. The first-order chi connectivity index (χ1) is 8.63. The Hall–Kier alpha value is -2.30. The topological polar surface area (TPSA) is 72.4 Å². The van der Waals surface area contributed by atoms with Gasteiger partial charge in [0.15, 0.2) is 6.39 Å². The van der Waals surface area contributed by atoms with Gasteiger partial charge in [-0.05, 0) is 38.1 Å². The van der Waals surface area contributed by atoms with Gasteiger partial charge in [-0.15, -0.1) is 0 Å². The van der Waals surface area contributed by atoms with Gasteiger partial charge in [0.1, 0.15) is 0 Å². The molecule has 2 aromatic rings. The van der Waals surface area contributed by atoms with Crippen LogP contribution in [-0.4, -0.2) is 17.4 Å². The number of aryl methyl sites for hydroxylation is 1. The molecule has 5 nitrogen and oxygen atoms in total. The number of benzene rings is 1. The van der Waals surface area contributed by atoms with Gasteiger partial charge in [0, 0.05) is 17.9 Å². The monoisotopic (exact) mass is 245 g/mol. The fraction of sp³-hybridized carbons (Fsp3) is 0.231. The molecule has 2 rings (SSSR count). The van der Waals surface area contributed by atoms with Crippen molar-refractivity contribution in [3.8, 4) is 0 Å². The zero-order chi connectivity index (χ0) is 13.1. The van der Waals surface area contributed by atoms with E-state index in [1.807, 2.05) is 19.1 Å². The zero-order valence-electron chi connectivity index (χ0n) is 10.4. The number of nitrogen functional groups attached to an aromatic ring is 1. The SMILES string of the molecule is CCN(C(=O)c1ocnc1C)c1ccc(N)cc1. The summed E-state index contributed by atoms with van der Waals surface area (Å²) in [5, 5.41) is 0. The molecule has 18 heavy (non-hydrogen) atoms. The van der Waals surface area contributed by atoms with Crippen molar-refractivity contribution in [2.45, 2.75) is 13.8 Å². The first kappa shape index (κ1) is 12.2. The molecule has 1 aromatic heterocycles. The van der Waals surface area contributed by atoms with Crippen LogP contribution >= 0.6 is 0 Å². The van der Waals surface area contributed by atoms with Crippen molar-refractivity contribution in [3.63, 3.8) is 0 Å². The van der Waals surface area contributed by atoms with Crippen molar-refractivity contribution in [1.82, 2.24) is 4.98 Å². The molecule has 0 bridgehead atoms. The van der Waals surface area contributed by atoms with Gasteiger partial charge in [-0.3, -0.25) is 4.79 Å². The number of anilines is 2. The molecule has 0 saturated heterocycles. The van der Waals surface area contributed by atoms with E-state index in [9.17, 15) is 4.79 Å². The van der Waals surface area contributed by atoms with Gasteiger partial charge < -0.3 is 15.1 Å². The van der Waals surface area contributed by atoms with Crippen LogP contribution in [0.2, 0.25) is 0 Å². The average Bonchev–Trinajstić information content (AvgIpc) is 2.78. The Morgan fingerprint density at radius 3 is 2.56 bits per heavy atom. The summed E-state index contributed by atoms with van der Waals surface area (Å²) in [6.07, 6.45) is 1.28. The van der Waals surface area contributed by atoms with E-state index >= 15 is 0 Å². The molecule has 0 unspecified atom stereocenters. The van der Waals surface area contributed by atoms with E-state index in [1.165, 1.54) is 6.39 Å². The van der Waals surface area contributed by atoms with Gasteiger partial charge in [0.25, 0.3) is 5.91 Å². The number of rotatable bonds is 3. The number of hydrogen-bond acceptors (Lipinski definition) is 4. The largest absolute Gasteiger partial charge is 0.438 e. The Morgan fingerprint density at radius 1 is 1.39 bits per heavy atom. The average molecular weight is 245 g/mol. The van der Waals surface area contributed by atoms with Gasteiger partial charge in [0.2, 0.25) is 5.76 Å². The highest BCUT2D eigenvalue weighted by molar-refractivity contribution is 6.04. The number of carbonyl (C=O) groups excluding carboxylic acids is 1. The van der Waals surface area contributed by atoms with Gasteiger partial charge in [0.05, 0.1) is 5.69 Å². The first-order valence-electron chi connectivity index (χ1n) is 5.71. The van der Waals surface area contributed by atoms with Crippen molar-refractivity contribution >= 4 is 17.3 Å². The van der Waals surface area contributed by atoms with Crippen LogP contribution < -0.4 is 10.6 Å². The van der Waals surface area contributed by atoms with E-state index in [1.54, 1.807) is 24.0 Å². The minimum absolute atomic E-state index is 0.197. The van der Waals surface area contributed by atoms with Crippen LogP contribution in [0.3, 0.4) is 0 Å². The maximum absolute atomic E-state index is 12.3. The summed E-state index contributed by atoms with van der Waals surface area (Å²) in [7, 11) is 0. The molecule has 0 aliphatic rings. The Labute approximate surface area is 105 Å². The van der Waals surface area contributed by atoms with E-state index < -0.39 is 0 Å². The molecular weight excluding hydrogens is 230 g/mol. The lowest BCUT2D eigenvalue weighted by atomic mass is 10.2. The highest BCUT2D eigenvalue weighted by Gasteiger charge is 2.21. The van der Waals surface area contributed by atoms with Gasteiger partial charge in [-0.25, -0.2) is 4.98 Å². The van der Waals surface area contributed by atoms with Gasteiger partial charge in [-0.1, -0.05) is 0 Å². The predicted octanol–water partition coefficient (Wildman–Crippen LogP) is 2.23. The lowest BCUT2D eigenvalue weighted by Gasteiger charge is -2.20. The number of oxazole rings is 1. The molecule has 0 aliphatic carbocycles. The van der Waals surface area contributed by atoms with Crippen LogP contribution in [0.4, 0.5) is 11.4 Å². The summed E-state index contributed by atoms with van der Waals surface area (Å²) in [6, 6.07) is 7.14. The molecule has 5 heteroatoms. The van der Waals surface area contributed by atoms with Crippen molar-refractivity contribution in [2.24, 2.45) is 0 Å². The summed E-state index contributed by atoms with van der Waals surface area (Å²) >= 11 is 0. The third kappa shape index (κ3) is 2.20. The Bertz CT molecular complexity index is 546. The van der Waals surface area contributed by atoms with Crippen LogP contribution in [-0.2, 0) is 0 Å². The Kier molecular flexibility index (Phi) is 3.32. The molecule has 94 valence electrons. The summed E-state index contributed by atoms with van der Waals surface area (Å²) < 4.78 is 5.13. The van der Waals surface area contributed by atoms with Crippen LogP contribution in [0.25, 0.3) is 0 Å². The Balaban J connectivity index is 2.32. The van der Waals surface area contributed by atoms with E-state index in [0.717, 1.165) is 5.69 Å². The minimum Gasteiger partial charge on any atom is -0.438 e. The fourth-order valence-corrected chi connectivity index (χ4v) is 1.73. The van der Waals surface area contributed by atoms with E-state index in [4.69, 9.17) is 10.2 Å². The second-order valence-corrected chi connectivity index (χ2v) is 3.91. The number of carbonyl (C=O) groups is 1. The lowest BCUT2D eigenvalue weighted by molar-refractivity contribution is 0.0961. The van der Waals surface area contributed by atoms with Crippen LogP contribution in [0.1, 0.15) is 23.2 Å². The van der Waals surface area contributed by atoms with Crippen molar-refractivity contribution in [1.29, 1.82) is 0 Å². The summed E-state index contributed by atoms with van der Waals surface area (Å²) in [5.74, 6) is 0.0750. The van der Waals surface area contributed by atoms with Crippen LogP contribution in [0.15, 0.2) is 35.1 Å². The molecule has 0 aliphatic heterocycles. The molecular formula is C13H15N3O2. The number of hydrogen-bond donors (Lipinski definition) is 1. The molecule has 0 radical (unpaired) electrons. The third-order valence-corrected chi connectivity index (χ3v) is 2.71. The zero-order valence-corrected chi connectivity index (χ0v) is 10.4. The molecule has 0 fully saturated rings. The number of nitrogens with two attached hydrogens (primary N) is 1. The summed E-state index contributed by atoms with van der Waals surface area (Å²) in [6.45, 7) is 4.19. The highest BCUT2D eigenvalue weighted by atomic mass is 16.3. The molecule has 0 atom stereocenters. The van der Waals surface area contributed by atoms with Crippen molar-refractivity contribution in [3.05, 3.63) is 42.1 Å². The quantitative estimate of drug-likeness (QED) is 0.841. The Morgan fingerprint density at radius 2 is 2.06 bits per heavy atom. The fourth-order valence-electron chi connectivity index (χ4n) is 1.73. The maximum atomic E-state index is 12.3. The van der Waals surface area contributed by atoms with E-state index in [0.29, 0.717) is 17.9 Å². The highest BCUT2D eigenvalue weighted by Crippen LogP contribution is 2.19. The van der Waals surface area contributed by atoms with E-state index in [2.05, 4.69) is 4.98 Å². The normalized spacial score (nSPS) is 10.3. The molecule has 0 saturated carbocycles. The molecule has 2 N–H and O–H groups in total. The molecule has 1 heterocycles. The molecule has 1 aromatic carbocycles. The number of nitrogens with zero attached hydrogens (tertiary/aromatic N) is 2. The number of aromatic nitrogens is 1. The summed E-state index contributed by atoms with van der Waals surface area (Å²) in [4.78, 5) is 17.9. The minimum atomic E-state index is -0.197. The smallest absolute Gasteiger partial charge is 0.295 e. The second-order valence-electron chi connectivity index (χ2n) is 3.91. The van der Waals surface area contributed by atoms with Gasteiger partial charge in [-0.2, -0.15) is 0 Å².